The average molecular weight is 277 g/mol. The van der Waals surface area contributed by atoms with Crippen LogP contribution >= 0.6 is 0 Å². The molecule has 0 amide bonds. The van der Waals surface area contributed by atoms with Gasteiger partial charge in [0.15, 0.2) is 5.82 Å². The molecule has 0 bridgehead atoms. The van der Waals surface area contributed by atoms with Crippen molar-refractivity contribution in [3.05, 3.63) is 6.20 Å². The number of rotatable bonds is 6. The van der Waals surface area contributed by atoms with E-state index in [0.717, 1.165) is 18.7 Å². The topological polar surface area (TPSA) is 90.6 Å². The monoisotopic (exact) mass is 277 g/mol. The first-order valence-electron chi connectivity index (χ1n) is 6.63. The van der Waals surface area contributed by atoms with Crippen molar-refractivity contribution in [3.63, 3.8) is 0 Å². The molecule has 20 heavy (non-hydrogen) atoms. The fourth-order valence-electron chi connectivity index (χ4n) is 1.65. The lowest BCUT2D eigenvalue weighted by Gasteiger charge is -2.10. The Morgan fingerprint density at radius 2 is 2.10 bits per heavy atom. The summed E-state index contributed by atoms with van der Waals surface area (Å²) in [7, 11) is 1.75. The molecule has 0 aromatic carbocycles. The lowest BCUT2D eigenvalue weighted by Crippen LogP contribution is -2.12. The zero-order valence-corrected chi connectivity index (χ0v) is 12.2. The van der Waals surface area contributed by atoms with Crippen molar-refractivity contribution in [2.24, 2.45) is 0 Å². The zero-order valence-electron chi connectivity index (χ0n) is 12.2. The molecule has 2 heterocycles. The van der Waals surface area contributed by atoms with E-state index < -0.39 is 0 Å². The minimum absolute atomic E-state index is 0.00589. The third-order valence-electron chi connectivity index (χ3n) is 2.46. The summed E-state index contributed by atoms with van der Waals surface area (Å²) < 4.78 is 7.31. The van der Waals surface area contributed by atoms with E-state index in [9.17, 15) is 0 Å². The molecular formula is C12H19N7O. The van der Waals surface area contributed by atoms with Crippen molar-refractivity contribution in [2.45, 2.75) is 39.8 Å². The van der Waals surface area contributed by atoms with E-state index in [2.05, 4.69) is 37.5 Å². The highest BCUT2D eigenvalue weighted by atomic mass is 16.5. The van der Waals surface area contributed by atoms with Gasteiger partial charge in [-0.15, -0.1) is 5.10 Å². The maximum absolute atomic E-state index is 5.54. The maximum Gasteiger partial charge on any atom is 0.322 e. The number of hydrogen-bond acceptors (Lipinski definition) is 7. The fourth-order valence-corrected chi connectivity index (χ4v) is 1.65. The van der Waals surface area contributed by atoms with Gasteiger partial charge in [0, 0.05) is 13.6 Å². The quantitative estimate of drug-likeness (QED) is 0.852. The van der Waals surface area contributed by atoms with Crippen molar-refractivity contribution in [3.8, 4) is 17.5 Å². The summed E-state index contributed by atoms with van der Waals surface area (Å²) in [6, 6.07) is 0.290. The highest BCUT2D eigenvalue weighted by Gasteiger charge is 2.14. The van der Waals surface area contributed by atoms with Crippen LogP contribution in [-0.4, -0.2) is 43.1 Å². The standard InChI is InChI=1S/C12H19N7O/c1-5-6-19-9(7-14-18-19)10-15-11(13-4)17-12(16-10)20-8(2)3/h7-8H,5-6H2,1-4H3,(H,13,15,16,17). The van der Waals surface area contributed by atoms with Gasteiger partial charge in [0.05, 0.1) is 12.3 Å². The minimum atomic E-state index is -0.00589. The molecule has 0 saturated carbocycles. The Hall–Kier alpha value is -2.25. The second kappa shape index (κ2) is 6.27. The number of aryl methyl sites for hydroxylation is 1. The predicted octanol–water partition coefficient (Wildman–Crippen LogP) is 1.37. The molecule has 0 spiro atoms. The van der Waals surface area contributed by atoms with E-state index >= 15 is 0 Å². The second-order valence-electron chi connectivity index (χ2n) is 4.52. The zero-order chi connectivity index (χ0) is 14.5. The van der Waals surface area contributed by atoms with E-state index in [1.54, 1.807) is 17.9 Å². The third-order valence-corrected chi connectivity index (χ3v) is 2.46. The normalized spacial score (nSPS) is 10.8. The van der Waals surface area contributed by atoms with Gasteiger partial charge < -0.3 is 10.1 Å². The molecule has 0 aliphatic heterocycles. The van der Waals surface area contributed by atoms with Crippen LogP contribution in [0, 0.1) is 0 Å². The van der Waals surface area contributed by atoms with Gasteiger partial charge in [0.2, 0.25) is 5.95 Å². The number of ether oxygens (including phenoxy) is 1. The van der Waals surface area contributed by atoms with Gasteiger partial charge in [-0.25, -0.2) is 4.68 Å². The number of anilines is 1. The van der Waals surface area contributed by atoms with E-state index in [1.165, 1.54) is 0 Å². The van der Waals surface area contributed by atoms with Gasteiger partial charge in [-0.2, -0.15) is 15.0 Å². The molecule has 2 rings (SSSR count). The molecule has 0 atom stereocenters. The Kier molecular flexibility index (Phi) is 4.44. The molecule has 0 radical (unpaired) electrons. The first-order valence-corrected chi connectivity index (χ1v) is 6.63. The summed E-state index contributed by atoms with van der Waals surface area (Å²) in [5.74, 6) is 0.952. The Morgan fingerprint density at radius 3 is 2.75 bits per heavy atom. The van der Waals surface area contributed by atoms with E-state index in [4.69, 9.17) is 4.74 Å². The van der Waals surface area contributed by atoms with E-state index in [1.807, 2.05) is 13.8 Å². The SMILES string of the molecule is CCCn1nncc1-c1nc(NC)nc(OC(C)C)n1. The summed E-state index contributed by atoms with van der Waals surface area (Å²) in [4.78, 5) is 12.8. The second-order valence-corrected chi connectivity index (χ2v) is 4.52. The van der Waals surface area contributed by atoms with E-state index in [0.29, 0.717) is 17.8 Å². The Balaban J connectivity index is 2.41. The van der Waals surface area contributed by atoms with Crippen molar-refractivity contribution in [2.75, 3.05) is 12.4 Å². The van der Waals surface area contributed by atoms with Crippen LogP contribution in [-0.2, 0) is 6.54 Å². The molecule has 2 aromatic rings. The highest BCUT2D eigenvalue weighted by Crippen LogP contribution is 2.18. The highest BCUT2D eigenvalue weighted by molar-refractivity contribution is 5.50. The number of hydrogen-bond donors (Lipinski definition) is 1. The Bertz CT molecular complexity index is 567. The van der Waals surface area contributed by atoms with Crippen LogP contribution in [0.3, 0.4) is 0 Å². The molecule has 0 saturated heterocycles. The summed E-state index contributed by atoms with van der Waals surface area (Å²) in [6.07, 6.45) is 2.59. The Labute approximate surface area is 117 Å². The van der Waals surface area contributed by atoms with Gasteiger partial charge in [-0.05, 0) is 20.3 Å². The summed E-state index contributed by atoms with van der Waals surface area (Å²) in [6.45, 7) is 6.68. The van der Waals surface area contributed by atoms with Gasteiger partial charge in [-0.1, -0.05) is 12.1 Å². The summed E-state index contributed by atoms with van der Waals surface area (Å²) >= 11 is 0. The summed E-state index contributed by atoms with van der Waals surface area (Å²) in [5, 5.41) is 10.9. The molecule has 0 fully saturated rings. The van der Waals surface area contributed by atoms with Crippen molar-refractivity contribution < 1.29 is 4.74 Å². The maximum atomic E-state index is 5.54. The van der Waals surface area contributed by atoms with Gasteiger partial charge >= 0.3 is 6.01 Å². The largest absolute Gasteiger partial charge is 0.461 e. The fraction of sp³-hybridized carbons (Fsp3) is 0.583. The molecule has 1 N–H and O–H groups in total. The summed E-state index contributed by atoms with van der Waals surface area (Å²) in [5.41, 5.74) is 0.749. The molecule has 8 heteroatoms. The molecule has 8 nitrogen and oxygen atoms in total. The Morgan fingerprint density at radius 1 is 1.30 bits per heavy atom. The van der Waals surface area contributed by atoms with Crippen LogP contribution in [0.2, 0.25) is 0 Å². The minimum Gasteiger partial charge on any atom is -0.461 e. The average Bonchev–Trinajstić information content (AvgIpc) is 2.86. The molecule has 0 aliphatic carbocycles. The molecule has 2 aromatic heterocycles. The molecule has 0 unspecified atom stereocenters. The van der Waals surface area contributed by atoms with Crippen LogP contribution in [0.25, 0.3) is 11.5 Å². The van der Waals surface area contributed by atoms with Crippen LogP contribution in [0.5, 0.6) is 6.01 Å². The van der Waals surface area contributed by atoms with Gasteiger partial charge in [0.25, 0.3) is 0 Å². The number of nitrogens with zero attached hydrogens (tertiary/aromatic N) is 6. The van der Waals surface area contributed by atoms with Crippen molar-refractivity contribution >= 4 is 5.95 Å². The number of nitrogens with one attached hydrogen (secondary N) is 1. The van der Waals surface area contributed by atoms with Crippen LogP contribution in [0.4, 0.5) is 5.95 Å². The molecule has 0 aliphatic rings. The first-order chi connectivity index (χ1) is 9.63. The van der Waals surface area contributed by atoms with Crippen LogP contribution in [0.15, 0.2) is 6.20 Å². The van der Waals surface area contributed by atoms with E-state index in [-0.39, 0.29) is 6.10 Å². The van der Waals surface area contributed by atoms with Crippen molar-refractivity contribution in [1.29, 1.82) is 0 Å². The lowest BCUT2D eigenvalue weighted by atomic mass is 10.4. The molecular weight excluding hydrogens is 258 g/mol. The van der Waals surface area contributed by atoms with Gasteiger partial charge in [0.1, 0.15) is 5.69 Å². The lowest BCUT2D eigenvalue weighted by molar-refractivity contribution is 0.222. The first kappa shape index (κ1) is 14.2. The molecule has 108 valence electrons. The van der Waals surface area contributed by atoms with Crippen molar-refractivity contribution in [1.82, 2.24) is 29.9 Å². The third kappa shape index (κ3) is 3.19. The number of aromatic nitrogens is 6. The van der Waals surface area contributed by atoms with Crippen LogP contribution < -0.4 is 10.1 Å². The van der Waals surface area contributed by atoms with Gasteiger partial charge in [-0.3, -0.25) is 0 Å². The van der Waals surface area contributed by atoms with Crippen LogP contribution in [0.1, 0.15) is 27.2 Å². The smallest absolute Gasteiger partial charge is 0.322 e. The predicted molar refractivity (Wildman–Crippen MR) is 74.4 cm³/mol.